The van der Waals surface area contributed by atoms with Gasteiger partial charge in [-0.05, 0) is 44.3 Å². The number of carbonyl (C=O) groups is 1. The van der Waals surface area contributed by atoms with Gasteiger partial charge in [-0.3, -0.25) is 9.69 Å². The highest BCUT2D eigenvalue weighted by Gasteiger charge is 2.26. The fourth-order valence-electron chi connectivity index (χ4n) is 2.63. The molecule has 0 aromatic carbocycles. The average molecular weight is 321 g/mol. The highest BCUT2D eigenvalue weighted by Crippen LogP contribution is 2.29. The van der Waals surface area contributed by atoms with E-state index in [1.54, 1.807) is 11.3 Å². The first kappa shape index (κ1) is 15.2. The lowest BCUT2D eigenvalue weighted by Crippen LogP contribution is -2.37. The molecule has 2 aromatic heterocycles. The molecule has 0 atom stereocenters. The summed E-state index contributed by atoms with van der Waals surface area (Å²) in [6.45, 7) is 4.32. The van der Waals surface area contributed by atoms with Gasteiger partial charge in [-0.1, -0.05) is 0 Å². The average Bonchev–Trinajstić information content (AvgIpc) is 3.19. The van der Waals surface area contributed by atoms with Crippen molar-refractivity contribution in [2.24, 2.45) is 0 Å². The number of nitrogens with zero attached hydrogens (tertiary/aromatic N) is 3. The van der Waals surface area contributed by atoms with Crippen LogP contribution in [0.3, 0.4) is 0 Å². The first-order valence-electron chi connectivity index (χ1n) is 7.50. The third kappa shape index (κ3) is 3.53. The predicted molar refractivity (Wildman–Crippen MR) is 82.7 cm³/mol. The summed E-state index contributed by atoms with van der Waals surface area (Å²) in [7, 11) is 0. The van der Waals surface area contributed by atoms with E-state index < -0.39 is 0 Å². The molecule has 2 aromatic rings. The minimum atomic E-state index is -0.154. The molecule has 1 aliphatic rings. The normalized spacial score (nSPS) is 16.8. The van der Waals surface area contributed by atoms with E-state index in [0.29, 0.717) is 24.9 Å². The first-order valence-corrected chi connectivity index (χ1v) is 8.44. The highest BCUT2D eigenvalue weighted by atomic mass is 32.1. The Labute approximate surface area is 133 Å². The van der Waals surface area contributed by atoms with Gasteiger partial charge >= 0.3 is 5.97 Å². The summed E-state index contributed by atoms with van der Waals surface area (Å²) in [6, 6.07) is 1.98. The molecule has 22 heavy (non-hydrogen) atoms. The number of aromatic nitrogens is 2. The van der Waals surface area contributed by atoms with Crippen molar-refractivity contribution in [1.29, 1.82) is 0 Å². The van der Waals surface area contributed by atoms with E-state index in [1.165, 1.54) is 0 Å². The molecule has 3 heterocycles. The molecule has 0 spiro atoms. The molecule has 0 unspecified atom stereocenters. The van der Waals surface area contributed by atoms with Gasteiger partial charge < -0.3 is 9.15 Å². The smallest absolute Gasteiger partial charge is 0.320 e. The van der Waals surface area contributed by atoms with Crippen LogP contribution in [0.15, 0.2) is 21.2 Å². The quantitative estimate of drug-likeness (QED) is 0.788. The number of ether oxygens (including phenoxy) is 1. The number of carbonyl (C=O) groups excluding carboxylic acids is 1. The van der Waals surface area contributed by atoms with Crippen LogP contribution in [0.2, 0.25) is 0 Å². The number of rotatable bonds is 5. The molecule has 0 aliphatic carbocycles. The number of esters is 1. The van der Waals surface area contributed by atoms with Gasteiger partial charge in [0.05, 0.1) is 13.2 Å². The number of thiophene rings is 1. The van der Waals surface area contributed by atoms with Gasteiger partial charge in [0.2, 0.25) is 11.8 Å². The predicted octanol–water partition coefficient (Wildman–Crippen LogP) is 2.54. The second kappa shape index (κ2) is 7.02. The summed E-state index contributed by atoms with van der Waals surface area (Å²) in [5.74, 6) is 1.42. The van der Waals surface area contributed by atoms with Crippen LogP contribution in [0.1, 0.15) is 31.6 Å². The van der Waals surface area contributed by atoms with Crippen molar-refractivity contribution in [1.82, 2.24) is 15.1 Å². The van der Waals surface area contributed by atoms with E-state index in [4.69, 9.17) is 9.15 Å². The van der Waals surface area contributed by atoms with Gasteiger partial charge in [0.25, 0.3) is 0 Å². The summed E-state index contributed by atoms with van der Waals surface area (Å²) in [5.41, 5.74) is 0.975. The van der Waals surface area contributed by atoms with Crippen LogP contribution in [-0.2, 0) is 9.53 Å². The third-order valence-electron chi connectivity index (χ3n) is 3.80. The monoisotopic (exact) mass is 321 g/mol. The van der Waals surface area contributed by atoms with Gasteiger partial charge in [-0.15, -0.1) is 10.2 Å². The van der Waals surface area contributed by atoms with Gasteiger partial charge in [-0.2, -0.15) is 11.3 Å². The van der Waals surface area contributed by atoms with Crippen LogP contribution in [0.5, 0.6) is 0 Å². The SMILES string of the molecule is CCOC(=O)CN1CCC(c2nnc(-c3ccsc3)o2)CC1. The molecule has 1 saturated heterocycles. The molecule has 0 bridgehead atoms. The van der Waals surface area contributed by atoms with Crippen molar-refractivity contribution < 1.29 is 13.9 Å². The van der Waals surface area contributed by atoms with Crippen molar-refractivity contribution in [3.63, 3.8) is 0 Å². The van der Waals surface area contributed by atoms with E-state index >= 15 is 0 Å². The standard InChI is InChI=1S/C15H19N3O3S/c1-2-20-13(19)9-18-6-3-11(4-7-18)14-16-17-15(21-14)12-5-8-22-10-12/h5,8,10-11H,2-4,6-7,9H2,1H3. The number of piperidine rings is 1. The van der Waals surface area contributed by atoms with Crippen LogP contribution in [-0.4, -0.2) is 47.3 Å². The first-order chi connectivity index (χ1) is 10.8. The van der Waals surface area contributed by atoms with Gasteiger partial charge in [0.15, 0.2) is 0 Å². The second-order valence-electron chi connectivity index (χ2n) is 5.31. The Morgan fingerprint density at radius 2 is 2.27 bits per heavy atom. The lowest BCUT2D eigenvalue weighted by Gasteiger charge is -2.29. The van der Waals surface area contributed by atoms with E-state index in [2.05, 4.69) is 15.1 Å². The molecular weight excluding hydrogens is 302 g/mol. The molecule has 0 radical (unpaired) electrons. The molecular formula is C15H19N3O3S. The molecule has 1 fully saturated rings. The molecule has 1 aliphatic heterocycles. The summed E-state index contributed by atoms with van der Waals surface area (Å²) in [6.07, 6.45) is 1.84. The van der Waals surface area contributed by atoms with Crippen LogP contribution in [0.25, 0.3) is 11.5 Å². The zero-order valence-corrected chi connectivity index (χ0v) is 13.3. The minimum Gasteiger partial charge on any atom is -0.465 e. The Bertz CT molecular complexity index is 603. The minimum absolute atomic E-state index is 0.154. The summed E-state index contributed by atoms with van der Waals surface area (Å²) < 4.78 is 10.8. The molecule has 0 N–H and O–H groups in total. The summed E-state index contributed by atoms with van der Waals surface area (Å²) >= 11 is 1.61. The fourth-order valence-corrected chi connectivity index (χ4v) is 3.26. The zero-order valence-electron chi connectivity index (χ0n) is 12.5. The van der Waals surface area contributed by atoms with E-state index in [-0.39, 0.29) is 11.9 Å². The van der Waals surface area contributed by atoms with E-state index in [9.17, 15) is 4.79 Å². The van der Waals surface area contributed by atoms with Crippen LogP contribution >= 0.6 is 11.3 Å². The Hall–Kier alpha value is -1.73. The van der Waals surface area contributed by atoms with Gasteiger partial charge in [-0.25, -0.2) is 0 Å². The Balaban J connectivity index is 1.54. The van der Waals surface area contributed by atoms with Crippen molar-refractivity contribution in [2.75, 3.05) is 26.2 Å². The Morgan fingerprint density at radius 1 is 1.45 bits per heavy atom. The molecule has 6 nitrogen and oxygen atoms in total. The lowest BCUT2D eigenvalue weighted by atomic mass is 9.97. The molecule has 7 heteroatoms. The van der Waals surface area contributed by atoms with Crippen LogP contribution < -0.4 is 0 Å². The molecule has 3 rings (SSSR count). The van der Waals surface area contributed by atoms with Crippen LogP contribution in [0.4, 0.5) is 0 Å². The maximum Gasteiger partial charge on any atom is 0.320 e. The van der Waals surface area contributed by atoms with Crippen molar-refractivity contribution in [3.8, 4) is 11.5 Å². The fraction of sp³-hybridized carbons (Fsp3) is 0.533. The Kier molecular flexibility index (Phi) is 4.84. The highest BCUT2D eigenvalue weighted by molar-refractivity contribution is 7.08. The van der Waals surface area contributed by atoms with Crippen molar-refractivity contribution in [2.45, 2.75) is 25.7 Å². The molecule has 0 amide bonds. The topological polar surface area (TPSA) is 68.5 Å². The zero-order chi connectivity index (χ0) is 15.4. The second-order valence-corrected chi connectivity index (χ2v) is 6.09. The van der Waals surface area contributed by atoms with Crippen LogP contribution in [0, 0.1) is 0 Å². The van der Waals surface area contributed by atoms with Crippen molar-refractivity contribution >= 4 is 17.3 Å². The number of hydrogen-bond donors (Lipinski definition) is 0. The van der Waals surface area contributed by atoms with Crippen molar-refractivity contribution in [3.05, 3.63) is 22.7 Å². The third-order valence-corrected chi connectivity index (χ3v) is 4.49. The largest absolute Gasteiger partial charge is 0.465 e. The van der Waals surface area contributed by atoms with Gasteiger partial charge in [0, 0.05) is 16.9 Å². The number of likely N-dealkylation sites (tertiary alicyclic amines) is 1. The Morgan fingerprint density at radius 3 is 2.95 bits per heavy atom. The summed E-state index contributed by atoms with van der Waals surface area (Å²) in [5, 5.41) is 12.3. The lowest BCUT2D eigenvalue weighted by molar-refractivity contribution is -0.144. The molecule has 118 valence electrons. The molecule has 0 saturated carbocycles. The maximum absolute atomic E-state index is 11.5. The van der Waals surface area contributed by atoms with E-state index in [0.717, 1.165) is 31.5 Å². The number of hydrogen-bond acceptors (Lipinski definition) is 7. The maximum atomic E-state index is 11.5. The van der Waals surface area contributed by atoms with Gasteiger partial charge in [0.1, 0.15) is 0 Å². The summed E-state index contributed by atoms with van der Waals surface area (Å²) in [4.78, 5) is 13.6. The van der Waals surface area contributed by atoms with E-state index in [1.807, 2.05) is 23.8 Å².